The Bertz CT molecular complexity index is 548. The average Bonchev–Trinajstić information content (AvgIpc) is 2.70. The van der Waals surface area contributed by atoms with E-state index in [9.17, 15) is 4.79 Å². The molecule has 0 radical (unpaired) electrons. The van der Waals surface area contributed by atoms with Crippen LogP contribution in [0.5, 0.6) is 5.88 Å². The second kappa shape index (κ2) is 8.26. The third-order valence-electron chi connectivity index (χ3n) is 4.27. The number of nitrogens with one attached hydrogen (secondary N) is 1. The number of methoxy groups -OCH3 is 1. The van der Waals surface area contributed by atoms with E-state index in [4.69, 9.17) is 4.74 Å². The van der Waals surface area contributed by atoms with Crippen LogP contribution in [-0.4, -0.2) is 67.6 Å². The van der Waals surface area contributed by atoms with Crippen molar-refractivity contribution >= 4 is 5.91 Å². The molecule has 2 heterocycles. The number of amides is 1. The van der Waals surface area contributed by atoms with Crippen LogP contribution < -0.4 is 10.1 Å². The van der Waals surface area contributed by atoms with Gasteiger partial charge in [-0.25, -0.2) is 4.98 Å². The molecule has 0 bridgehead atoms. The van der Waals surface area contributed by atoms with Gasteiger partial charge in [-0.2, -0.15) is 0 Å². The van der Waals surface area contributed by atoms with Crippen LogP contribution in [0.25, 0.3) is 0 Å². The first-order valence-electron chi connectivity index (χ1n) is 8.18. The molecule has 1 fully saturated rings. The van der Waals surface area contributed by atoms with Crippen LogP contribution in [0.15, 0.2) is 6.07 Å². The van der Waals surface area contributed by atoms with Crippen molar-refractivity contribution in [3.8, 4) is 5.88 Å². The maximum absolute atomic E-state index is 12.2. The summed E-state index contributed by atoms with van der Waals surface area (Å²) in [5.41, 5.74) is 2.95. The Labute approximate surface area is 138 Å². The lowest BCUT2D eigenvalue weighted by Crippen LogP contribution is -2.38. The first-order valence-corrected chi connectivity index (χ1v) is 8.18. The van der Waals surface area contributed by atoms with Crippen molar-refractivity contribution in [3.05, 3.63) is 22.9 Å². The Hall–Kier alpha value is -1.66. The summed E-state index contributed by atoms with van der Waals surface area (Å²) >= 11 is 0. The molecule has 1 aromatic heterocycles. The van der Waals surface area contributed by atoms with Crippen LogP contribution in [0.2, 0.25) is 0 Å². The van der Waals surface area contributed by atoms with E-state index in [1.54, 1.807) is 7.11 Å². The summed E-state index contributed by atoms with van der Waals surface area (Å²) in [5, 5.41) is 3.00. The number of pyridine rings is 1. The highest BCUT2D eigenvalue weighted by atomic mass is 16.5. The van der Waals surface area contributed by atoms with Crippen molar-refractivity contribution in [2.75, 3.05) is 46.9 Å². The Balaban J connectivity index is 1.89. The number of rotatable bonds is 5. The lowest BCUT2D eigenvalue weighted by Gasteiger charge is -2.20. The fourth-order valence-corrected chi connectivity index (χ4v) is 2.92. The van der Waals surface area contributed by atoms with Crippen molar-refractivity contribution < 1.29 is 9.53 Å². The fraction of sp³-hybridized carbons (Fsp3) is 0.647. The van der Waals surface area contributed by atoms with Gasteiger partial charge in [-0.1, -0.05) is 0 Å². The molecule has 0 aromatic carbocycles. The molecular formula is C17H28N4O2. The summed E-state index contributed by atoms with van der Waals surface area (Å²) in [6.07, 6.45) is 1.11. The lowest BCUT2D eigenvalue weighted by atomic mass is 10.1. The Morgan fingerprint density at radius 3 is 2.83 bits per heavy atom. The van der Waals surface area contributed by atoms with Crippen molar-refractivity contribution in [2.45, 2.75) is 26.8 Å². The number of hydrogen-bond acceptors (Lipinski definition) is 5. The maximum Gasteiger partial charge on any atom is 0.234 e. The van der Waals surface area contributed by atoms with Gasteiger partial charge in [0.2, 0.25) is 11.8 Å². The van der Waals surface area contributed by atoms with E-state index >= 15 is 0 Å². The number of likely N-dealkylation sites (N-methyl/N-ethyl adjacent to an activating group) is 1. The molecule has 1 aliphatic heterocycles. The molecule has 1 amide bonds. The first-order chi connectivity index (χ1) is 11.0. The molecule has 0 aliphatic carbocycles. The summed E-state index contributed by atoms with van der Waals surface area (Å²) in [6, 6.07) is 2.01. The van der Waals surface area contributed by atoms with Gasteiger partial charge >= 0.3 is 0 Å². The van der Waals surface area contributed by atoms with Crippen LogP contribution in [0, 0.1) is 13.8 Å². The number of carbonyl (C=O) groups is 1. The standard InChI is InChI=1S/C17H28N4O2/c1-13-10-14(2)19-17(23-4)15(13)11-18-16(22)12-21-7-5-6-20(3)8-9-21/h10H,5-9,11-12H2,1-4H3,(H,18,22). The van der Waals surface area contributed by atoms with E-state index in [-0.39, 0.29) is 5.91 Å². The van der Waals surface area contributed by atoms with Gasteiger partial charge < -0.3 is 15.0 Å². The monoisotopic (exact) mass is 320 g/mol. The van der Waals surface area contributed by atoms with Gasteiger partial charge in [0.1, 0.15) is 0 Å². The third kappa shape index (κ3) is 5.18. The second-order valence-electron chi connectivity index (χ2n) is 6.28. The molecule has 6 nitrogen and oxygen atoms in total. The molecule has 1 aliphatic rings. The van der Waals surface area contributed by atoms with Crippen LogP contribution >= 0.6 is 0 Å². The summed E-state index contributed by atoms with van der Waals surface area (Å²) in [5.74, 6) is 0.649. The van der Waals surface area contributed by atoms with Gasteiger partial charge in [-0.3, -0.25) is 9.69 Å². The van der Waals surface area contributed by atoms with Crippen LogP contribution in [0.1, 0.15) is 23.2 Å². The highest BCUT2D eigenvalue weighted by Crippen LogP contribution is 2.20. The molecule has 1 aromatic rings. The summed E-state index contributed by atoms with van der Waals surface area (Å²) in [6.45, 7) is 8.90. The maximum atomic E-state index is 12.2. The normalized spacial score (nSPS) is 16.9. The van der Waals surface area contributed by atoms with Crippen LogP contribution in [-0.2, 0) is 11.3 Å². The van der Waals surface area contributed by atoms with Crippen molar-refractivity contribution in [3.63, 3.8) is 0 Å². The molecule has 0 atom stereocenters. The van der Waals surface area contributed by atoms with Gasteiger partial charge in [0.25, 0.3) is 0 Å². The summed E-state index contributed by atoms with van der Waals surface area (Å²) in [4.78, 5) is 21.1. The van der Waals surface area contributed by atoms with Gasteiger partial charge in [-0.15, -0.1) is 0 Å². The number of ether oxygens (including phenoxy) is 1. The SMILES string of the molecule is COc1nc(C)cc(C)c1CNC(=O)CN1CCCN(C)CC1. The molecule has 1 saturated heterocycles. The van der Waals surface area contributed by atoms with Crippen LogP contribution in [0.4, 0.5) is 0 Å². The summed E-state index contributed by atoms with van der Waals surface area (Å²) in [7, 11) is 3.74. The van der Waals surface area contributed by atoms with E-state index in [1.807, 2.05) is 19.9 Å². The zero-order chi connectivity index (χ0) is 16.8. The minimum Gasteiger partial charge on any atom is -0.481 e. The molecule has 0 spiro atoms. The first kappa shape index (κ1) is 17.7. The number of carbonyl (C=O) groups excluding carboxylic acids is 1. The number of hydrogen-bond donors (Lipinski definition) is 1. The zero-order valence-electron chi connectivity index (χ0n) is 14.7. The molecule has 0 saturated carbocycles. The second-order valence-corrected chi connectivity index (χ2v) is 6.28. The van der Waals surface area contributed by atoms with Crippen LogP contribution in [0.3, 0.4) is 0 Å². The number of aryl methyl sites for hydroxylation is 2. The lowest BCUT2D eigenvalue weighted by molar-refractivity contribution is -0.122. The van der Waals surface area contributed by atoms with E-state index in [1.165, 1.54) is 0 Å². The quantitative estimate of drug-likeness (QED) is 0.876. The van der Waals surface area contributed by atoms with E-state index in [2.05, 4.69) is 27.1 Å². The molecular weight excluding hydrogens is 292 g/mol. The fourth-order valence-electron chi connectivity index (χ4n) is 2.92. The largest absolute Gasteiger partial charge is 0.481 e. The van der Waals surface area contributed by atoms with E-state index in [0.29, 0.717) is 19.0 Å². The van der Waals surface area contributed by atoms with Gasteiger partial charge in [0.05, 0.1) is 13.7 Å². The molecule has 128 valence electrons. The number of nitrogens with zero attached hydrogens (tertiary/aromatic N) is 3. The van der Waals surface area contributed by atoms with E-state index < -0.39 is 0 Å². The molecule has 6 heteroatoms. The predicted octanol–water partition coefficient (Wildman–Crippen LogP) is 0.961. The topological polar surface area (TPSA) is 57.7 Å². The Morgan fingerprint density at radius 1 is 1.30 bits per heavy atom. The van der Waals surface area contributed by atoms with Gasteiger partial charge in [-0.05, 0) is 52.0 Å². The third-order valence-corrected chi connectivity index (χ3v) is 4.27. The average molecular weight is 320 g/mol. The highest BCUT2D eigenvalue weighted by molar-refractivity contribution is 5.78. The van der Waals surface area contributed by atoms with Gasteiger partial charge in [0, 0.05) is 30.9 Å². The van der Waals surface area contributed by atoms with E-state index in [0.717, 1.165) is 49.4 Å². The predicted molar refractivity (Wildman–Crippen MR) is 90.7 cm³/mol. The van der Waals surface area contributed by atoms with Gasteiger partial charge in [0.15, 0.2) is 0 Å². The van der Waals surface area contributed by atoms with Crippen molar-refractivity contribution in [2.24, 2.45) is 0 Å². The zero-order valence-corrected chi connectivity index (χ0v) is 14.7. The minimum atomic E-state index is 0.0524. The minimum absolute atomic E-state index is 0.0524. The highest BCUT2D eigenvalue weighted by Gasteiger charge is 2.16. The van der Waals surface area contributed by atoms with Crippen molar-refractivity contribution in [1.29, 1.82) is 0 Å². The van der Waals surface area contributed by atoms with Crippen molar-refractivity contribution in [1.82, 2.24) is 20.1 Å². The smallest absolute Gasteiger partial charge is 0.234 e. The molecule has 0 unspecified atom stereocenters. The molecule has 1 N–H and O–H groups in total. The Kier molecular flexibility index (Phi) is 6.36. The number of aromatic nitrogens is 1. The Morgan fingerprint density at radius 2 is 2.09 bits per heavy atom. The molecule has 23 heavy (non-hydrogen) atoms. The molecule has 2 rings (SSSR count). The summed E-state index contributed by atoms with van der Waals surface area (Å²) < 4.78 is 5.34.